The van der Waals surface area contributed by atoms with Gasteiger partial charge in [0.25, 0.3) is 0 Å². The predicted octanol–water partition coefficient (Wildman–Crippen LogP) is 5.43. The van der Waals surface area contributed by atoms with Gasteiger partial charge in [0.05, 0.1) is 12.2 Å². The Kier molecular flexibility index (Phi) is 3.16. The van der Waals surface area contributed by atoms with Gasteiger partial charge in [-0.15, -0.1) is 0 Å². The molecule has 0 aromatic carbocycles. The van der Waals surface area contributed by atoms with Crippen LogP contribution in [0.25, 0.3) is 0 Å². The van der Waals surface area contributed by atoms with E-state index in [2.05, 4.69) is 41.5 Å². The highest BCUT2D eigenvalue weighted by Gasteiger charge is 2.61. The third-order valence-electron chi connectivity index (χ3n) is 7.29. The van der Waals surface area contributed by atoms with E-state index in [1.807, 2.05) is 0 Å². The molecular weight excluding hydrogens is 244 g/mol. The standard InChI is InChI=1S/C19H34O/c1-16(2)12-15-18(5)10-7-9-17(3,4)14(18)8-11-19(15,6)20-13-16/h14-15H,7-13H2,1-6H3/t14-,15+,18-,19+/m0/s1. The third-order valence-corrected chi connectivity index (χ3v) is 7.29. The van der Waals surface area contributed by atoms with Crippen molar-refractivity contribution in [2.45, 2.75) is 85.7 Å². The van der Waals surface area contributed by atoms with E-state index >= 15 is 0 Å². The molecule has 3 rings (SSSR count). The van der Waals surface area contributed by atoms with E-state index < -0.39 is 0 Å². The van der Waals surface area contributed by atoms with Crippen molar-refractivity contribution in [2.24, 2.45) is 28.1 Å². The normalized spacial score (nSPS) is 50.1. The lowest BCUT2D eigenvalue weighted by Gasteiger charge is -2.65. The summed E-state index contributed by atoms with van der Waals surface area (Å²) in [5, 5.41) is 0. The maximum Gasteiger partial charge on any atom is 0.0688 e. The fraction of sp³-hybridized carbons (Fsp3) is 1.00. The second-order valence-corrected chi connectivity index (χ2v) is 9.96. The molecule has 3 fully saturated rings. The number of fused-ring (bicyclic) bond motifs is 3. The lowest BCUT2D eigenvalue weighted by Crippen LogP contribution is -2.62. The maximum atomic E-state index is 6.47. The molecule has 0 N–H and O–H groups in total. The van der Waals surface area contributed by atoms with Gasteiger partial charge in [0, 0.05) is 0 Å². The molecule has 1 saturated heterocycles. The van der Waals surface area contributed by atoms with E-state index in [0.717, 1.165) is 18.4 Å². The van der Waals surface area contributed by atoms with Crippen molar-refractivity contribution >= 4 is 0 Å². The van der Waals surface area contributed by atoms with Gasteiger partial charge in [-0.1, -0.05) is 41.0 Å². The molecule has 0 amide bonds. The molecule has 116 valence electrons. The molecule has 0 unspecified atom stereocenters. The molecule has 0 aromatic heterocycles. The summed E-state index contributed by atoms with van der Waals surface area (Å²) < 4.78 is 6.47. The van der Waals surface area contributed by atoms with E-state index in [1.165, 1.54) is 38.5 Å². The summed E-state index contributed by atoms with van der Waals surface area (Å²) in [4.78, 5) is 0. The van der Waals surface area contributed by atoms with Crippen LogP contribution in [0.3, 0.4) is 0 Å². The quantitative estimate of drug-likeness (QED) is 0.574. The Hall–Kier alpha value is -0.0400. The smallest absolute Gasteiger partial charge is 0.0688 e. The molecule has 0 radical (unpaired) electrons. The van der Waals surface area contributed by atoms with Crippen LogP contribution in [-0.4, -0.2) is 12.2 Å². The van der Waals surface area contributed by atoms with Gasteiger partial charge < -0.3 is 4.74 Å². The van der Waals surface area contributed by atoms with Crippen LogP contribution in [0.5, 0.6) is 0 Å². The van der Waals surface area contributed by atoms with Gasteiger partial charge in [0.15, 0.2) is 0 Å². The van der Waals surface area contributed by atoms with E-state index in [-0.39, 0.29) is 5.60 Å². The molecule has 3 aliphatic rings. The van der Waals surface area contributed by atoms with Crippen LogP contribution in [-0.2, 0) is 4.74 Å². The molecule has 20 heavy (non-hydrogen) atoms. The van der Waals surface area contributed by atoms with Crippen LogP contribution < -0.4 is 0 Å². The van der Waals surface area contributed by atoms with Gasteiger partial charge in [-0.3, -0.25) is 0 Å². The van der Waals surface area contributed by atoms with Crippen LogP contribution >= 0.6 is 0 Å². The van der Waals surface area contributed by atoms with E-state index in [4.69, 9.17) is 4.74 Å². The first-order valence-corrected chi connectivity index (χ1v) is 8.73. The van der Waals surface area contributed by atoms with Gasteiger partial charge >= 0.3 is 0 Å². The molecule has 1 heteroatoms. The Balaban J connectivity index is 1.98. The summed E-state index contributed by atoms with van der Waals surface area (Å²) in [6.07, 6.45) is 8.25. The summed E-state index contributed by atoms with van der Waals surface area (Å²) in [6, 6.07) is 0. The third kappa shape index (κ3) is 2.07. The molecule has 0 aromatic rings. The van der Waals surface area contributed by atoms with E-state index in [9.17, 15) is 0 Å². The Bertz CT molecular complexity index is 397. The Morgan fingerprint density at radius 1 is 0.850 bits per heavy atom. The summed E-state index contributed by atoms with van der Waals surface area (Å²) in [5.41, 5.74) is 1.52. The molecule has 0 spiro atoms. The first-order valence-electron chi connectivity index (χ1n) is 8.73. The van der Waals surface area contributed by atoms with Crippen molar-refractivity contribution in [3.8, 4) is 0 Å². The monoisotopic (exact) mass is 278 g/mol. The zero-order valence-electron chi connectivity index (χ0n) is 14.5. The number of ether oxygens (including phenoxy) is 1. The average Bonchev–Trinajstić information content (AvgIpc) is 2.30. The van der Waals surface area contributed by atoms with Gasteiger partial charge in [-0.05, 0) is 67.1 Å². The van der Waals surface area contributed by atoms with Crippen molar-refractivity contribution in [3.05, 3.63) is 0 Å². The van der Waals surface area contributed by atoms with Gasteiger partial charge in [-0.25, -0.2) is 0 Å². The number of hydrogen-bond acceptors (Lipinski definition) is 1. The topological polar surface area (TPSA) is 9.23 Å². The minimum Gasteiger partial charge on any atom is -0.374 e. The molecule has 1 nitrogen and oxygen atoms in total. The predicted molar refractivity (Wildman–Crippen MR) is 84.7 cm³/mol. The molecule has 0 bridgehead atoms. The molecule has 1 heterocycles. The molecular formula is C19H34O. The fourth-order valence-corrected chi connectivity index (χ4v) is 6.20. The summed E-state index contributed by atoms with van der Waals surface area (Å²) in [6.45, 7) is 15.8. The zero-order valence-corrected chi connectivity index (χ0v) is 14.5. The number of rotatable bonds is 0. The summed E-state index contributed by atoms with van der Waals surface area (Å²) in [7, 11) is 0. The van der Waals surface area contributed by atoms with Crippen LogP contribution in [0, 0.1) is 28.1 Å². The van der Waals surface area contributed by atoms with Crippen molar-refractivity contribution < 1.29 is 4.74 Å². The summed E-state index contributed by atoms with van der Waals surface area (Å²) >= 11 is 0. The van der Waals surface area contributed by atoms with Crippen molar-refractivity contribution in [1.29, 1.82) is 0 Å². The SMILES string of the molecule is CC1(C)CO[C@]2(C)CC[C@H]3C(C)(C)CCC[C@]3(C)[C@H]2C1. The zero-order chi connectivity index (χ0) is 14.8. The van der Waals surface area contributed by atoms with Crippen molar-refractivity contribution in [2.75, 3.05) is 6.61 Å². The Labute approximate surface area is 125 Å². The van der Waals surface area contributed by atoms with Crippen LogP contribution in [0.1, 0.15) is 80.1 Å². The maximum absolute atomic E-state index is 6.47. The van der Waals surface area contributed by atoms with E-state index in [0.29, 0.717) is 16.2 Å². The second-order valence-electron chi connectivity index (χ2n) is 9.96. The lowest BCUT2D eigenvalue weighted by molar-refractivity contribution is -0.238. The first-order chi connectivity index (χ1) is 9.09. The van der Waals surface area contributed by atoms with Crippen LogP contribution in [0.4, 0.5) is 0 Å². The molecule has 1 aliphatic heterocycles. The highest BCUT2D eigenvalue weighted by molar-refractivity contribution is 5.10. The fourth-order valence-electron chi connectivity index (χ4n) is 6.20. The van der Waals surface area contributed by atoms with Gasteiger partial charge in [-0.2, -0.15) is 0 Å². The minimum absolute atomic E-state index is 0.147. The van der Waals surface area contributed by atoms with Crippen LogP contribution in [0.15, 0.2) is 0 Å². The van der Waals surface area contributed by atoms with Gasteiger partial charge in [0.1, 0.15) is 0 Å². The minimum atomic E-state index is 0.147. The molecule has 2 saturated carbocycles. The van der Waals surface area contributed by atoms with Crippen molar-refractivity contribution in [3.63, 3.8) is 0 Å². The lowest BCUT2D eigenvalue weighted by atomic mass is 9.44. The van der Waals surface area contributed by atoms with Crippen molar-refractivity contribution in [1.82, 2.24) is 0 Å². The first kappa shape index (κ1) is 14.9. The highest BCUT2D eigenvalue weighted by Crippen LogP contribution is 2.65. The molecule has 4 atom stereocenters. The highest BCUT2D eigenvalue weighted by atomic mass is 16.5. The Morgan fingerprint density at radius 3 is 2.25 bits per heavy atom. The number of hydrogen-bond donors (Lipinski definition) is 0. The summed E-state index contributed by atoms with van der Waals surface area (Å²) in [5.74, 6) is 1.64. The second kappa shape index (κ2) is 4.24. The average molecular weight is 278 g/mol. The van der Waals surface area contributed by atoms with Gasteiger partial charge in [0.2, 0.25) is 0 Å². The Morgan fingerprint density at radius 2 is 1.55 bits per heavy atom. The van der Waals surface area contributed by atoms with E-state index in [1.54, 1.807) is 0 Å². The largest absolute Gasteiger partial charge is 0.374 e. The molecule has 2 aliphatic carbocycles. The van der Waals surface area contributed by atoms with Crippen LogP contribution in [0.2, 0.25) is 0 Å².